The van der Waals surface area contributed by atoms with Crippen molar-refractivity contribution in [3.05, 3.63) is 96.3 Å². The van der Waals surface area contributed by atoms with Gasteiger partial charge in [0, 0.05) is 24.7 Å². The van der Waals surface area contributed by atoms with Crippen LogP contribution in [0.25, 0.3) is 10.9 Å². The van der Waals surface area contributed by atoms with E-state index in [-0.39, 0.29) is 0 Å². The quantitative estimate of drug-likeness (QED) is 0.585. The van der Waals surface area contributed by atoms with Crippen molar-refractivity contribution in [1.29, 1.82) is 0 Å². The summed E-state index contributed by atoms with van der Waals surface area (Å²) >= 11 is 0. The number of aromatic amines is 1. The zero-order chi connectivity index (χ0) is 16.2. The van der Waals surface area contributed by atoms with Gasteiger partial charge in [-0.05, 0) is 23.3 Å². The molecule has 1 radical (unpaired) electrons. The molecule has 24 heavy (non-hydrogen) atoms. The minimum Gasteiger partial charge on any atom is -0.350 e. The van der Waals surface area contributed by atoms with Crippen LogP contribution in [0, 0.1) is 6.20 Å². The van der Waals surface area contributed by atoms with Crippen LogP contribution >= 0.6 is 0 Å². The van der Waals surface area contributed by atoms with Gasteiger partial charge in [0.15, 0.2) is 5.82 Å². The largest absolute Gasteiger partial charge is 0.350 e. The lowest BCUT2D eigenvalue weighted by Crippen LogP contribution is -2.23. The molecule has 0 fully saturated rings. The van der Waals surface area contributed by atoms with Crippen molar-refractivity contribution < 1.29 is 0 Å². The number of nitrogens with one attached hydrogen (secondary N) is 1. The summed E-state index contributed by atoms with van der Waals surface area (Å²) in [6.07, 6.45) is 4.93. The van der Waals surface area contributed by atoms with Crippen molar-refractivity contribution >= 4 is 16.7 Å². The van der Waals surface area contributed by atoms with E-state index in [1.165, 1.54) is 11.1 Å². The Labute approximate surface area is 141 Å². The molecule has 0 atom stereocenters. The average molecular weight is 312 g/mol. The second-order valence-corrected chi connectivity index (χ2v) is 5.84. The molecule has 0 bridgehead atoms. The molecule has 3 nitrogen and oxygen atoms in total. The second kappa shape index (κ2) is 6.59. The molecule has 1 N–H and O–H groups in total. The van der Waals surface area contributed by atoms with Gasteiger partial charge in [-0.25, -0.2) is 4.98 Å². The number of pyridine rings is 1. The van der Waals surface area contributed by atoms with E-state index in [0.29, 0.717) is 0 Å². The van der Waals surface area contributed by atoms with Gasteiger partial charge in [-0.1, -0.05) is 60.7 Å². The summed E-state index contributed by atoms with van der Waals surface area (Å²) in [6.45, 7) is 1.61. The number of fused-ring (bicyclic) bond motifs is 1. The smallest absolute Gasteiger partial charge is 0.153 e. The Morgan fingerprint density at radius 1 is 0.833 bits per heavy atom. The minimum absolute atomic E-state index is 0.806. The zero-order valence-electron chi connectivity index (χ0n) is 13.3. The monoisotopic (exact) mass is 312 g/mol. The first-order chi connectivity index (χ1) is 11.9. The fraction of sp³-hybridized carbons (Fsp3) is 0.0952. The van der Waals surface area contributed by atoms with Crippen LogP contribution in [0.5, 0.6) is 0 Å². The van der Waals surface area contributed by atoms with Gasteiger partial charge in [0.05, 0.1) is 11.7 Å². The normalized spacial score (nSPS) is 10.8. The molecular formula is C21H18N3. The Morgan fingerprint density at radius 3 is 2.08 bits per heavy atom. The third kappa shape index (κ3) is 3.01. The summed E-state index contributed by atoms with van der Waals surface area (Å²) < 4.78 is 0. The SMILES string of the molecule is [c]1cc2ccnc(N(Cc3ccccc3)Cc3ccccc3)c2[nH]1. The van der Waals surface area contributed by atoms with Crippen LogP contribution in [0.2, 0.25) is 0 Å². The number of rotatable bonds is 5. The predicted octanol–water partition coefficient (Wildman–Crippen LogP) is 4.57. The van der Waals surface area contributed by atoms with Crippen molar-refractivity contribution in [1.82, 2.24) is 9.97 Å². The van der Waals surface area contributed by atoms with Crippen LogP contribution in [0.4, 0.5) is 5.82 Å². The number of anilines is 1. The molecule has 4 aromatic rings. The Kier molecular flexibility index (Phi) is 3.98. The molecule has 3 heteroatoms. The van der Waals surface area contributed by atoms with E-state index in [0.717, 1.165) is 29.8 Å². The highest BCUT2D eigenvalue weighted by Gasteiger charge is 2.14. The van der Waals surface area contributed by atoms with Gasteiger partial charge >= 0.3 is 0 Å². The minimum atomic E-state index is 0.806. The topological polar surface area (TPSA) is 31.9 Å². The summed E-state index contributed by atoms with van der Waals surface area (Å²) in [5.74, 6) is 0.960. The fourth-order valence-electron chi connectivity index (χ4n) is 2.95. The second-order valence-electron chi connectivity index (χ2n) is 5.84. The van der Waals surface area contributed by atoms with Crippen LogP contribution in [0.3, 0.4) is 0 Å². The fourth-order valence-corrected chi connectivity index (χ4v) is 2.95. The van der Waals surface area contributed by atoms with E-state index in [1.54, 1.807) is 0 Å². The molecule has 0 aliphatic carbocycles. The van der Waals surface area contributed by atoms with Crippen molar-refractivity contribution in [3.63, 3.8) is 0 Å². The zero-order valence-corrected chi connectivity index (χ0v) is 13.3. The van der Waals surface area contributed by atoms with Gasteiger partial charge in [-0.3, -0.25) is 0 Å². The highest BCUT2D eigenvalue weighted by Crippen LogP contribution is 2.25. The molecule has 0 aliphatic rings. The van der Waals surface area contributed by atoms with E-state index < -0.39 is 0 Å². The average Bonchev–Trinajstić information content (AvgIpc) is 3.12. The van der Waals surface area contributed by atoms with Gasteiger partial charge < -0.3 is 9.88 Å². The molecule has 0 amide bonds. The lowest BCUT2D eigenvalue weighted by molar-refractivity contribution is 0.787. The predicted molar refractivity (Wildman–Crippen MR) is 97.7 cm³/mol. The molecule has 0 saturated carbocycles. The molecule has 0 aliphatic heterocycles. The van der Waals surface area contributed by atoms with Gasteiger partial charge in [0.25, 0.3) is 0 Å². The molecule has 2 aromatic carbocycles. The van der Waals surface area contributed by atoms with Crippen LogP contribution < -0.4 is 4.90 Å². The van der Waals surface area contributed by atoms with Gasteiger partial charge in [0.2, 0.25) is 0 Å². The van der Waals surface area contributed by atoms with E-state index >= 15 is 0 Å². The molecule has 0 saturated heterocycles. The standard InChI is InChI=1S/C21H18N3/c1-3-7-17(8-4-1)15-24(16-18-9-5-2-6-10-18)21-20-19(11-13-22-20)12-14-23-21/h1-12,14,22H,15-16H2. The molecule has 117 valence electrons. The third-order valence-electron chi connectivity index (χ3n) is 4.12. The number of benzene rings is 2. The van der Waals surface area contributed by atoms with E-state index in [2.05, 4.69) is 69.6 Å². The molecule has 0 unspecified atom stereocenters. The summed E-state index contributed by atoms with van der Waals surface area (Å²) in [7, 11) is 0. The first kappa shape index (κ1) is 14.5. The maximum Gasteiger partial charge on any atom is 0.153 e. The highest BCUT2D eigenvalue weighted by atomic mass is 15.2. The third-order valence-corrected chi connectivity index (χ3v) is 4.12. The Bertz CT molecular complexity index is 872. The Hall–Kier alpha value is -3.07. The van der Waals surface area contributed by atoms with E-state index in [1.807, 2.05) is 30.5 Å². The lowest BCUT2D eigenvalue weighted by atomic mass is 10.1. The van der Waals surface area contributed by atoms with Crippen molar-refractivity contribution in [2.75, 3.05) is 4.90 Å². The molecule has 0 spiro atoms. The lowest BCUT2D eigenvalue weighted by Gasteiger charge is -2.24. The summed E-state index contributed by atoms with van der Waals surface area (Å²) in [5, 5.41) is 1.13. The van der Waals surface area contributed by atoms with Crippen LogP contribution in [0.1, 0.15) is 11.1 Å². The van der Waals surface area contributed by atoms with Crippen LogP contribution in [-0.2, 0) is 13.1 Å². The highest BCUT2D eigenvalue weighted by molar-refractivity contribution is 5.88. The van der Waals surface area contributed by atoms with Crippen molar-refractivity contribution in [3.8, 4) is 0 Å². The summed E-state index contributed by atoms with van der Waals surface area (Å²) in [6, 6.07) is 25.0. The maximum absolute atomic E-state index is 4.65. The van der Waals surface area contributed by atoms with Crippen molar-refractivity contribution in [2.45, 2.75) is 13.1 Å². The summed E-state index contributed by atoms with van der Waals surface area (Å²) in [4.78, 5) is 10.2. The van der Waals surface area contributed by atoms with Crippen LogP contribution in [-0.4, -0.2) is 9.97 Å². The number of H-pyrrole nitrogens is 1. The number of nitrogens with zero attached hydrogens (tertiary/aromatic N) is 2. The first-order valence-corrected chi connectivity index (χ1v) is 8.07. The molecule has 4 rings (SSSR count). The molecule has 2 aromatic heterocycles. The Morgan fingerprint density at radius 2 is 1.46 bits per heavy atom. The molecule has 2 heterocycles. The van der Waals surface area contributed by atoms with Gasteiger partial charge in [0.1, 0.15) is 0 Å². The van der Waals surface area contributed by atoms with Crippen LogP contribution in [0.15, 0.2) is 79.0 Å². The van der Waals surface area contributed by atoms with Crippen molar-refractivity contribution in [2.24, 2.45) is 0 Å². The van der Waals surface area contributed by atoms with Gasteiger partial charge in [-0.2, -0.15) is 0 Å². The molecular weight excluding hydrogens is 294 g/mol. The first-order valence-electron chi connectivity index (χ1n) is 8.07. The Balaban J connectivity index is 1.73. The van der Waals surface area contributed by atoms with E-state index in [9.17, 15) is 0 Å². The summed E-state index contributed by atoms with van der Waals surface area (Å²) in [5.41, 5.74) is 3.56. The number of hydrogen-bond donors (Lipinski definition) is 1. The maximum atomic E-state index is 4.65. The van der Waals surface area contributed by atoms with Gasteiger partial charge in [-0.15, -0.1) is 0 Å². The number of hydrogen-bond acceptors (Lipinski definition) is 2. The van der Waals surface area contributed by atoms with E-state index in [4.69, 9.17) is 0 Å². The number of aromatic nitrogens is 2.